The normalized spacial score (nSPS) is 17.0. The molecule has 18 heavy (non-hydrogen) atoms. The van der Waals surface area contributed by atoms with Crippen molar-refractivity contribution in [2.24, 2.45) is 5.92 Å². The zero-order chi connectivity index (χ0) is 13.0. The second kappa shape index (κ2) is 6.59. The largest absolute Gasteiger partial charge is 0.355 e. The SMILES string of the molecule is CC(CNC(=O)C1CNC1)Sc1ccc(Br)cc1. The van der Waals surface area contributed by atoms with Crippen molar-refractivity contribution in [3.8, 4) is 0 Å². The molecule has 2 N–H and O–H groups in total. The highest BCUT2D eigenvalue weighted by atomic mass is 79.9. The third-order valence-corrected chi connectivity index (χ3v) is 4.51. The highest BCUT2D eigenvalue weighted by Gasteiger charge is 2.24. The van der Waals surface area contributed by atoms with Gasteiger partial charge in [-0.25, -0.2) is 0 Å². The number of rotatable bonds is 5. The molecule has 98 valence electrons. The number of benzene rings is 1. The molecule has 0 radical (unpaired) electrons. The molecular formula is C13H17BrN2OS. The first kappa shape index (κ1) is 13.9. The molecule has 0 aromatic heterocycles. The fourth-order valence-corrected chi connectivity index (χ4v) is 2.84. The minimum absolute atomic E-state index is 0.176. The third kappa shape index (κ3) is 4.00. The van der Waals surface area contributed by atoms with E-state index >= 15 is 0 Å². The number of amides is 1. The van der Waals surface area contributed by atoms with E-state index in [0.717, 1.165) is 24.1 Å². The Morgan fingerprint density at radius 2 is 2.17 bits per heavy atom. The summed E-state index contributed by atoms with van der Waals surface area (Å²) in [6, 6.07) is 8.24. The average Bonchev–Trinajstić information content (AvgIpc) is 2.27. The van der Waals surface area contributed by atoms with Crippen molar-refractivity contribution in [2.45, 2.75) is 17.1 Å². The predicted molar refractivity (Wildman–Crippen MR) is 78.8 cm³/mol. The Hall–Kier alpha value is -0.520. The first-order valence-electron chi connectivity index (χ1n) is 6.06. The van der Waals surface area contributed by atoms with Crippen LogP contribution >= 0.6 is 27.7 Å². The van der Waals surface area contributed by atoms with Crippen LogP contribution in [0.5, 0.6) is 0 Å². The molecule has 1 aliphatic rings. The standard InChI is InChI=1S/C13H17BrN2OS/c1-9(6-16-13(17)10-7-15-8-10)18-12-4-2-11(14)3-5-12/h2-5,9-10,15H,6-8H2,1H3,(H,16,17). The van der Waals surface area contributed by atoms with E-state index in [1.54, 1.807) is 11.8 Å². The molecular weight excluding hydrogens is 312 g/mol. The zero-order valence-electron chi connectivity index (χ0n) is 10.3. The summed E-state index contributed by atoms with van der Waals surface area (Å²) in [6.45, 7) is 4.49. The molecule has 0 spiro atoms. The molecule has 1 aliphatic heterocycles. The van der Waals surface area contributed by atoms with Crippen molar-refractivity contribution in [2.75, 3.05) is 19.6 Å². The Kier molecular flexibility index (Phi) is 5.09. The summed E-state index contributed by atoms with van der Waals surface area (Å²) in [7, 11) is 0. The van der Waals surface area contributed by atoms with Crippen molar-refractivity contribution >= 4 is 33.6 Å². The van der Waals surface area contributed by atoms with Crippen molar-refractivity contribution in [1.29, 1.82) is 0 Å². The van der Waals surface area contributed by atoms with Crippen LogP contribution in [-0.2, 0) is 4.79 Å². The van der Waals surface area contributed by atoms with E-state index in [4.69, 9.17) is 0 Å². The van der Waals surface area contributed by atoms with Crippen LogP contribution in [0.15, 0.2) is 33.6 Å². The maximum atomic E-state index is 11.7. The molecule has 0 aliphatic carbocycles. The van der Waals surface area contributed by atoms with Gasteiger partial charge in [-0.3, -0.25) is 4.79 Å². The lowest BCUT2D eigenvalue weighted by Crippen LogP contribution is -2.51. The van der Waals surface area contributed by atoms with Crippen LogP contribution in [0.3, 0.4) is 0 Å². The molecule has 3 nitrogen and oxygen atoms in total. The van der Waals surface area contributed by atoms with Gasteiger partial charge in [-0.2, -0.15) is 0 Å². The van der Waals surface area contributed by atoms with Gasteiger partial charge in [0.2, 0.25) is 5.91 Å². The second-order valence-electron chi connectivity index (χ2n) is 4.48. The van der Waals surface area contributed by atoms with Gasteiger partial charge < -0.3 is 10.6 Å². The van der Waals surface area contributed by atoms with Gasteiger partial charge in [0.25, 0.3) is 0 Å². The smallest absolute Gasteiger partial charge is 0.225 e. The number of carbonyl (C=O) groups excluding carboxylic acids is 1. The molecule has 1 aromatic carbocycles. The van der Waals surface area contributed by atoms with Gasteiger partial charge in [0.15, 0.2) is 0 Å². The van der Waals surface area contributed by atoms with Crippen molar-refractivity contribution in [1.82, 2.24) is 10.6 Å². The summed E-state index contributed by atoms with van der Waals surface area (Å²) in [4.78, 5) is 12.9. The van der Waals surface area contributed by atoms with Gasteiger partial charge in [-0.1, -0.05) is 22.9 Å². The first-order valence-corrected chi connectivity index (χ1v) is 7.73. The Morgan fingerprint density at radius 3 is 2.72 bits per heavy atom. The van der Waals surface area contributed by atoms with E-state index in [1.165, 1.54) is 4.90 Å². The van der Waals surface area contributed by atoms with Gasteiger partial charge in [0, 0.05) is 34.3 Å². The topological polar surface area (TPSA) is 41.1 Å². The molecule has 1 amide bonds. The van der Waals surface area contributed by atoms with Crippen LogP contribution in [0.25, 0.3) is 0 Å². The fraction of sp³-hybridized carbons (Fsp3) is 0.462. The number of carbonyl (C=O) groups is 1. The van der Waals surface area contributed by atoms with E-state index in [2.05, 4.69) is 45.6 Å². The van der Waals surface area contributed by atoms with E-state index < -0.39 is 0 Å². The molecule has 2 rings (SSSR count). The summed E-state index contributed by atoms with van der Waals surface area (Å²) in [5, 5.41) is 6.49. The van der Waals surface area contributed by atoms with Crippen molar-refractivity contribution in [3.05, 3.63) is 28.7 Å². The minimum Gasteiger partial charge on any atom is -0.355 e. The molecule has 1 aromatic rings. The Bertz CT molecular complexity index is 406. The lowest BCUT2D eigenvalue weighted by atomic mass is 10.0. The maximum Gasteiger partial charge on any atom is 0.225 e. The van der Waals surface area contributed by atoms with Gasteiger partial charge in [-0.15, -0.1) is 11.8 Å². The molecule has 1 fully saturated rings. The van der Waals surface area contributed by atoms with E-state index in [0.29, 0.717) is 5.25 Å². The summed E-state index contributed by atoms with van der Waals surface area (Å²) in [5.74, 6) is 0.354. The Balaban J connectivity index is 1.72. The summed E-state index contributed by atoms with van der Waals surface area (Å²) < 4.78 is 1.09. The van der Waals surface area contributed by atoms with E-state index in [9.17, 15) is 4.79 Å². The van der Waals surface area contributed by atoms with Crippen LogP contribution in [-0.4, -0.2) is 30.8 Å². The van der Waals surface area contributed by atoms with Crippen LogP contribution in [0.1, 0.15) is 6.92 Å². The van der Waals surface area contributed by atoms with Crippen LogP contribution in [0.2, 0.25) is 0 Å². The number of nitrogens with one attached hydrogen (secondary N) is 2. The number of hydrogen-bond acceptors (Lipinski definition) is 3. The van der Waals surface area contributed by atoms with Gasteiger partial charge >= 0.3 is 0 Å². The monoisotopic (exact) mass is 328 g/mol. The molecule has 0 bridgehead atoms. The number of hydrogen-bond donors (Lipinski definition) is 2. The quantitative estimate of drug-likeness (QED) is 0.815. The Labute approximate surface area is 120 Å². The Morgan fingerprint density at radius 1 is 1.50 bits per heavy atom. The number of halogens is 1. The fourth-order valence-electron chi connectivity index (χ4n) is 1.65. The van der Waals surface area contributed by atoms with E-state index in [-0.39, 0.29) is 11.8 Å². The molecule has 1 unspecified atom stereocenters. The van der Waals surface area contributed by atoms with Crippen molar-refractivity contribution < 1.29 is 4.79 Å². The van der Waals surface area contributed by atoms with Gasteiger partial charge in [0.1, 0.15) is 0 Å². The average molecular weight is 329 g/mol. The van der Waals surface area contributed by atoms with Crippen LogP contribution in [0.4, 0.5) is 0 Å². The lowest BCUT2D eigenvalue weighted by Gasteiger charge is -2.26. The summed E-state index contributed by atoms with van der Waals surface area (Å²) >= 11 is 5.20. The summed E-state index contributed by atoms with van der Waals surface area (Å²) in [5.41, 5.74) is 0. The minimum atomic E-state index is 0.176. The number of thioether (sulfide) groups is 1. The molecule has 5 heteroatoms. The van der Waals surface area contributed by atoms with Crippen molar-refractivity contribution in [3.63, 3.8) is 0 Å². The highest BCUT2D eigenvalue weighted by molar-refractivity contribution is 9.10. The van der Waals surface area contributed by atoms with E-state index in [1.807, 2.05) is 12.1 Å². The lowest BCUT2D eigenvalue weighted by molar-refractivity contribution is -0.126. The zero-order valence-corrected chi connectivity index (χ0v) is 12.7. The molecule has 1 atom stereocenters. The summed E-state index contributed by atoms with van der Waals surface area (Å²) in [6.07, 6.45) is 0. The molecule has 1 heterocycles. The van der Waals surface area contributed by atoms with Gasteiger partial charge in [0.05, 0.1) is 5.92 Å². The maximum absolute atomic E-state index is 11.7. The predicted octanol–water partition coefficient (Wildman–Crippen LogP) is 2.27. The first-order chi connectivity index (χ1) is 8.65. The van der Waals surface area contributed by atoms with Gasteiger partial charge in [-0.05, 0) is 24.3 Å². The van der Waals surface area contributed by atoms with Crippen LogP contribution < -0.4 is 10.6 Å². The van der Waals surface area contributed by atoms with Crippen LogP contribution in [0, 0.1) is 5.92 Å². The second-order valence-corrected chi connectivity index (χ2v) is 6.91. The molecule has 0 saturated carbocycles. The highest BCUT2D eigenvalue weighted by Crippen LogP contribution is 2.24. The third-order valence-electron chi connectivity index (χ3n) is 2.87. The molecule has 1 saturated heterocycles.